The van der Waals surface area contributed by atoms with Crippen LogP contribution in [0.25, 0.3) is 10.9 Å². The predicted octanol–water partition coefficient (Wildman–Crippen LogP) is 2.66. The molecule has 0 saturated carbocycles. The number of benzene rings is 2. The van der Waals surface area contributed by atoms with Crippen LogP contribution in [0.4, 0.5) is 18.9 Å². The number of H-pyrrole nitrogens is 1. The molecule has 0 aliphatic rings. The van der Waals surface area contributed by atoms with Crippen molar-refractivity contribution in [3.8, 4) is 5.75 Å². The number of rotatable bonds is 6. The number of amides is 1. The van der Waals surface area contributed by atoms with Gasteiger partial charge in [0.25, 0.3) is 5.56 Å². The topological polar surface area (TPSA) is 93.2 Å². The minimum absolute atomic E-state index is 0.0342. The third-order valence-corrected chi connectivity index (χ3v) is 4.02. The van der Waals surface area contributed by atoms with E-state index in [1.165, 1.54) is 28.8 Å². The molecule has 1 amide bonds. The van der Waals surface area contributed by atoms with Gasteiger partial charge in [-0.25, -0.2) is 4.79 Å². The number of hydrogen-bond acceptors (Lipinski definition) is 4. The van der Waals surface area contributed by atoms with Crippen molar-refractivity contribution in [3.05, 3.63) is 69.4 Å². The lowest BCUT2D eigenvalue weighted by molar-refractivity contribution is -0.153. The fourth-order valence-electron chi connectivity index (χ4n) is 2.75. The Morgan fingerprint density at radius 1 is 1.07 bits per heavy atom. The van der Waals surface area contributed by atoms with Crippen molar-refractivity contribution < 1.29 is 22.7 Å². The van der Waals surface area contributed by atoms with Gasteiger partial charge in [0.15, 0.2) is 6.61 Å². The SMILES string of the molecule is O=C(CCn1c(=O)[nH]c(=O)c2ccccc21)Nc1ccccc1OCC(F)(F)F. The molecule has 29 heavy (non-hydrogen) atoms. The highest BCUT2D eigenvalue weighted by atomic mass is 19.4. The Hall–Kier alpha value is -3.56. The van der Waals surface area contributed by atoms with Crippen LogP contribution in [-0.4, -0.2) is 28.2 Å². The van der Waals surface area contributed by atoms with E-state index >= 15 is 0 Å². The minimum atomic E-state index is -4.51. The molecule has 0 atom stereocenters. The summed E-state index contributed by atoms with van der Waals surface area (Å²) in [6, 6.07) is 12.2. The Balaban J connectivity index is 1.73. The maximum absolute atomic E-state index is 12.4. The van der Waals surface area contributed by atoms with Crippen molar-refractivity contribution in [2.24, 2.45) is 0 Å². The monoisotopic (exact) mass is 407 g/mol. The molecule has 0 saturated heterocycles. The lowest BCUT2D eigenvalue weighted by Gasteiger charge is -2.14. The van der Waals surface area contributed by atoms with Gasteiger partial charge < -0.3 is 10.1 Å². The number of fused-ring (bicyclic) bond motifs is 1. The van der Waals surface area contributed by atoms with Crippen molar-refractivity contribution in [3.63, 3.8) is 0 Å². The average molecular weight is 407 g/mol. The van der Waals surface area contributed by atoms with Crippen LogP contribution in [0, 0.1) is 0 Å². The quantitative estimate of drug-likeness (QED) is 0.657. The first-order valence-corrected chi connectivity index (χ1v) is 8.55. The molecule has 1 aromatic heterocycles. The van der Waals surface area contributed by atoms with Crippen molar-refractivity contribution in [1.82, 2.24) is 9.55 Å². The van der Waals surface area contributed by atoms with Crippen molar-refractivity contribution >= 4 is 22.5 Å². The van der Waals surface area contributed by atoms with Gasteiger partial charge in [0.05, 0.1) is 16.6 Å². The number of nitrogens with one attached hydrogen (secondary N) is 2. The van der Waals surface area contributed by atoms with Gasteiger partial charge in [0.1, 0.15) is 5.75 Å². The first kappa shape index (κ1) is 20.2. The molecule has 0 aliphatic carbocycles. The number of aryl methyl sites for hydroxylation is 1. The zero-order valence-electron chi connectivity index (χ0n) is 15.0. The molecule has 2 N–H and O–H groups in total. The highest BCUT2D eigenvalue weighted by molar-refractivity contribution is 5.92. The maximum atomic E-state index is 12.4. The van der Waals surface area contributed by atoms with Gasteiger partial charge >= 0.3 is 11.9 Å². The molecule has 0 unspecified atom stereocenters. The molecular formula is C19H16F3N3O4. The van der Waals surface area contributed by atoms with Gasteiger partial charge in [0, 0.05) is 13.0 Å². The van der Waals surface area contributed by atoms with E-state index in [4.69, 9.17) is 4.74 Å². The highest BCUT2D eigenvalue weighted by Crippen LogP contribution is 2.26. The predicted molar refractivity (Wildman–Crippen MR) is 100 cm³/mol. The standard InChI is InChI=1S/C19H16F3N3O4/c20-19(21,22)11-29-15-8-4-2-6-13(15)23-16(26)9-10-25-14-7-3-1-5-12(14)17(27)24-18(25)28/h1-8H,9-11H2,(H,23,26)(H,24,27,28). The number of ether oxygens (including phenoxy) is 1. The van der Waals surface area contributed by atoms with Gasteiger partial charge in [-0.15, -0.1) is 0 Å². The van der Waals surface area contributed by atoms with Crippen LogP contribution in [0.1, 0.15) is 6.42 Å². The molecule has 0 fully saturated rings. The van der Waals surface area contributed by atoms with Crippen molar-refractivity contribution in [1.29, 1.82) is 0 Å². The van der Waals surface area contributed by atoms with Crippen LogP contribution in [0.5, 0.6) is 5.75 Å². The number of para-hydroxylation sites is 3. The number of carbonyl (C=O) groups excluding carboxylic acids is 1. The summed E-state index contributed by atoms with van der Waals surface area (Å²) in [6.07, 6.45) is -4.66. The van der Waals surface area contributed by atoms with Gasteiger partial charge in [-0.1, -0.05) is 24.3 Å². The smallest absolute Gasteiger partial charge is 0.422 e. The lowest BCUT2D eigenvalue weighted by Crippen LogP contribution is -2.31. The van der Waals surface area contributed by atoms with Gasteiger partial charge in [0.2, 0.25) is 5.91 Å². The minimum Gasteiger partial charge on any atom is -0.482 e. The van der Waals surface area contributed by atoms with Crippen LogP contribution >= 0.6 is 0 Å². The van der Waals surface area contributed by atoms with Crippen molar-refractivity contribution in [2.45, 2.75) is 19.1 Å². The van der Waals surface area contributed by atoms with E-state index in [1.54, 1.807) is 24.3 Å². The number of alkyl halides is 3. The number of anilines is 1. The van der Waals surface area contributed by atoms with E-state index in [0.29, 0.717) is 10.9 Å². The molecule has 7 nitrogen and oxygen atoms in total. The van der Waals surface area contributed by atoms with Gasteiger partial charge in [-0.2, -0.15) is 13.2 Å². The second kappa shape index (κ2) is 8.21. The molecule has 3 aromatic rings. The molecule has 0 bridgehead atoms. The zero-order chi connectivity index (χ0) is 21.0. The summed E-state index contributed by atoms with van der Waals surface area (Å²) >= 11 is 0. The second-order valence-corrected chi connectivity index (χ2v) is 6.13. The Bertz CT molecular complexity index is 1150. The van der Waals surface area contributed by atoms with E-state index in [0.717, 1.165) is 0 Å². The number of aromatic amines is 1. The Labute approximate surface area is 161 Å². The van der Waals surface area contributed by atoms with E-state index in [1.807, 2.05) is 0 Å². The third-order valence-electron chi connectivity index (χ3n) is 4.02. The van der Waals surface area contributed by atoms with E-state index in [2.05, 4.69) is 10.3 Å². The first-order valence-electron chi connectivity index (χ1n) is 8.55. The molecule has 10 heteroatoms. The summed E-state index contributed by atoms with van der Waals surface area (Å²) in [4.78, 5) is 38.4. The van der Waals surface area contributed by atoms with Crippen LogP contribution < -0.4 is 21.3 Å². The lowest BCUT2D eigenvalue weighted by atomic mass is 10.2. The molecule has 152 valence electrons. The summed E-state index contributed by atoms with van der Waals surface area (Å²) in [7, 11) is 0. The Kier molecular flexibility index (Phi) is 5.71. The fraction of sp³-hybridized carbons (Fsp3) is 0.211. The first-order chi connectivity index (χ1) is 13.7. The number of aromatic nitrogens is 2. The summed E-state index contributed by atoms with van der Waals surface area (Å²) in [5, 5.41) is 2.78. The third kappa shape index (κ3) is 5.03. The molecule has 3 rings (SSSR count). The average Bonchev–Trinajstić information content (AvgIpc) is 2.66. The second-order valence-electron chi connectivity index (χ2n) is 6.13. The van der Waals surface area contributed by atoms with Crippen LogP contribution in [0.2, 0.25) is 0 Å². The largest absolute Gasteiger partial charge is 0.482 e. The van der Waals surface area contributed by atoms with Gasteiger partial charge in [-0.3, -0.25) is 19.1 Å². The van der Waals surface area contributed by atoms with Crippen LogP contribution in [0.15, 0.2) is 58.1 Å². The fourth-order valence-corrected chi connectivity index (χ4v) is 2.75. The summed E-state index contributed by atoms with van der Waals surface area (Å²) in [6.45, 7) is -1.52. The number of nitrogens with zero attached hydrogens (tertiary/aromatic N) is 1. The molecule has 0 aliphatic heterocycles. The number of halogens is 3. The normalized spacial score (nSPS) is 11.4. The molecule has 0 radical (unpaired) electrons. The molecule has 0 spiro atoms. The molecule has 1 heterocycles. The van der Waals surface area contributed by atoms with Gasteiger partial charge in [-0.05, 0) is 24.3 Å². The molecule has 2 aromatic carbocycles. The van der Waals surface area contributed by atoms with Crippen molar-refractivity contribution in [2.75, 3.05) is 11.9 Å². The summed E-state index contributed by atoms with van der Waals surface area (Å²) < 4.78 is 43.1. The molecular weight excluding hydrogens is 391 g/mol. The van der Waals surface area contributed by atoms with E-state index < -0.39 is 29.9 Å². The van der Waals surface area contributed by atoms with E-state index in [9.17, 15) is 27.6 Å². The number of hydrogen-bond donors (Lipinski definition) is 2. The number of carbonyl (C=O) groups is 1. The van der Waals surface area contributed by atoms with Crippen LogP contribution in [-0.2, 0) is 11.3 Å². The zero-order valence-corrected chi connectivity index (χ0v) is 15.0. The summed E-state index contributed by atoms with van der Waals surface area (Å²) in [5.41, 5.74) is -0.721. The maximum Gasteiger partial charge on any atom is 0.422 e. The Morgan fingerprint density at radius 3 is 2.52 bits per heavy atom. The van der Waals surface area contributed by atoms with E-state index in [-0.39, 0.29) is 24.4 Å². The summed E-state index contributed by atoms with van der Waals surface area (Å²) in [5.74, 6) is -0.653. The highest BCUT2D eigenvalue weighted by Gasteiger charge is 2.28. The van der Waals surface area contributed by atoms with Crippen LogP contribution in [0.3, 0.4) is 0 Å². The Morgan fingerprint density at radius 2 is 1.76 bits per heavy atom.